The minimum absolute atomic E-state index is 0.549. The Kier molecular flexibility index (Phi) is 6.66. The standard InChI is InChI=1S/C19H22N4O/c1-3-21-19(22-13-16-10-8-15(12-20)9-11-16)23-14-17-6-4-5-7-18(17)24-2/h4-11H,3,13-14H2,1-2H3,(H2,21,22,23). The summed E-state index contributed by atoms with van der Waals surface area (Å²) in [6.45, 7) is 3.99. The largest absolute Gasteiger partial charge is 0.496 e. The molecule has 0 saturated carbocycles. The lowest BCUT2D eigenvalue weighted by Gasteiger charge is -2.13. The fraction of sp³-hybridized carbons (Fsp3) is 0.263. The van der Waals surface area contributed by atoms with Gasteiger partial charge in [0.15, 0.2) is 5.96 Å². The van der Waals surface area contributed by atoms with Gasteiger partial charge in [0.2, 0.25) is 0 Å². The highest BCUT2D eigenvalue weighted by Crippen LogP contribution is 2.16. The van der Waals surface area contributed by atoms with E-state index in [0.717, 1.165) is 29.4 Å². The van der Waals surface area contributed by atoms with Gasteiger partial charge in [0.25, 0.3) is 0 Å². The second kappa shape index (κ2) is 9.21. The molecule has 0 aliphatic heterocycles. The van der Waals surface area contributed by atoms with E-state index in [4.69, 9.17) is 10.00 Å². The third kappa shape index (κ3) is 5.03. The van der Waals surface area contributed by atoms with Gasteiger partial charge in [-0.1, -0.05) is 30.3 Å². The quantitative estimate of drug-likeness (QED) is 0.634. The molecule has 0 radical (unpaired) electrons. The van der Waals surface area contributed by atoms with E-state index in [1.165, 1.54) is 0 Å². The summed E-state index contributed by atoms with van der Waals surface area (Å²) in [7, 11) is 1.67. The second-order valence-corrected chi connectivity index (χ2v) is 5.17. The van der Waals surface area contributed by atoms with Gasteiger partial charge in [0, 0.05) is 18.7 Å². The summed E-state index contributed by atoms with van der Waals surface area (Å²) in [5.41, 5.74) is 2.79. The van der Waals surface area contributed by atoms with Crippen molar-refractivity contribution in [3.63, 3.8) is 0 Å². The average Bonchev–Trinajstić information content (AvgIpc) is 2.64. The lowest BCUT2D eigenvalue weighted by molar-refractivity contribution is 0.409. The van der Waals surface area contributed by atoms with E-state index in [0.29, 0.717) is 18.7 Å². The van der Waals surface area contributed by atoms with Crippen molar-refractivity contribution in [2.24, 2.45) is 4.99 Å². The molecule has 5 nitrogen and oxygen atoms in total. The van der Waals surface area contributed by atoms with Crippen molar-refractivity contribution >= 4 is 5.96 Å². The molecule has 2 aromatic carbocycles. The SMILES string of the molecule is CCNC(=NCc1ccc(C#N)cc1)NCc1ccccc1OC. The molecule has 0 aliphatic rings. The Morgan fingerprint density at radius 2 is 1.88 bits per heavy atom. The van der Waals surface area contributed by atoms with Crippen LogP contribution in [0, 0.1) is 11.3 Å². The van der Waals surface area contributed by atoms with Crippen molar-refractivity contribution < 1.29 is 4.74 Å². The number of benzene rings is 2. The predicted molar refractivity (Wildman–Crippen MR) is 95.8 cm³/mol. The topological polar surface area (TPSA) is 69.4 Å². The minimum Gasteiger partial charge on any atom is -0.496 e. The van der Waals surface area contributed by atoms with Gasteiger partial charge in [-0.2, -0.15) is 5.26 Å². The van der Waals surface area contributed by atoms with Crippen molar-refractivity contribution in [1.82, 2.24) is 10.6 Å². The van der Waals surface area contributed by atoms with Gasteiger partial charge in [0.1, 0.15) is 5.75 Å². The molecule has 2 aromatic rings. The van der Waals surface area contributed by atoms with E-state index in [1.54, 1.807) is 19.2 Å². The van der Waals surface area contributed by atoms with Crippen LogP contribution in [0.4, 0.5) is 0 Å². The maximum Gasteiger partial charge on any atom is 0.191 e. The Balaban J connectivity index is 2.01. The molecular formula is C19H22N4O. The monoisotopic (exact) mass is 322 g/mol. The summed E-state index contributed by atoms with van der Waals surface area (Å²) < 4.78 is 5.36. The second-order valence-electron chi connectivity index (χ2n) is 5.17. The first kappa shape index (κ1) is 17.4. The summed E-state index contributed by atoms with van der Waals surface area (Å²) in [5, 5.41) is 15.4. The van der Waals surface area contributed by atoms with Gasteiger partial charge >= 0.3 is 0 Å². The molecule has 0 saturated heterocycles. The number of nitrogens with zero attached hydrogens (tertiary/aromatic N) is 2. The molecule has 124 valence electrons. The Morgan fingerprint density at radius 3 is 2.54 bits per heavy atom. The van der Waals surface area contributed by atoms with Crippen LogP contribution in [0.1, 0.15) is 23.6 Å². The predicted octanol–water partition coefficient (Wildman–Crippen LogP) is 2.82. The van der Waals surface area contributed by atoms with Crippen LogP contribution in [-0.2, 0) is 13.1 Å². The van der Waals surface area contributed by atoms with Gasteiger partial charge in [-0.15, -0.1) is 0 Å². The van der Waals surface area contributed by atoms with Gasteiger partial charge in [-0.05, 0) is 30.7 Å². The fourth-order valence-electron chi connectivity index (χ4n) is 2.22. The number of aliphatic imine (C=N–C) groups is 1. The van der Waals surface area contributed by atoms with Crippen molar-refractivity contribution in [2.75, 3.05) is 13.7 Å². The van der Waals surface area contributed by atoms with Crippen molar-refractivity contribution in [3.05, 3.63) is 65.2 Å². The minimum atomic E-state index is 0.549. The van der Waals surface area contributed by atoms with Gasteiger partial charge in [-0.3, -0.25) is 0 Å². The molecular weight excluding hydrogens is 300 g/mol. The number of rotatable bonds is 6. The number of hydrogen-bond acceptors (Lipinski definition) is 3. The van der Waals surface area contributed by atoms with E-state index in [1.807, 2.05) is 43.3 Å². The third-order valence-corrected chi connectivity index (χ3v) is 3.49. The van der Waals surface area contributed by atoms with Gasteiger partial charge in [0.05, 0.1) is 25.3 Å². The molecule has 0 atom stereocenters. The van der Waals surface area contributed by atoms with E-state index in [2.05, 4.69) is 21.7 Å². The van der Waals surface area contributed by atoms with Gasteiger partial charge < -0.3 is 15.4 Å². The molecule has 0 amide bonds. The first-order valence-electron chi connectivity index (χ1n) is 7.90. The Morgan fingerprint density at radius 1 is 1.12 bits per heavy atom. The summed E-state index contributed by atoms with van der Waals surface area (Å²) in [5.74, 6) is 1.60. The molecule has 0 unspecified atom stereocenters. The van der Waals surface area contributed by atoms with E-state index in [-0.39, 0.29) is 0 Å². The number of nitriles is 1. The number of para-hydroxylation sites is 1. The van der Waals surface area contributed by atoms with Crippen molar-refractivity contribution in [1.29, 1.82) is 5.26 Å². The highest BCUT2D eigenvalue weighted by atomic mass is 16.5. The van der Waals surface area contributed by atoms with Crippen LogP contribution in [0.3, 0.4) is 0 Å². The number of ether oxygens (including phenoxy) is 1. The summed E-state index contributed by atoms with van der Waals surface area (Å²) in [6.07, 6.45) is 0. The number of hydrogen-bond donors (Lipinski definition) is 2. The van der Waals surface area contributed by atoms with Crippen LogP contribution in [0.2, 0.25) is 0 Å². The molecule has 0 spiro atoms. The zero-order valence-corrected chi connectivity index (χ0v) is 14.0. The van der Waals surface area contributed by atoms with Crippen molar-refractivity contribution in [2.45, 2.75) is 20.0 Å². The third-order valence-electron chi connectivity index (χ3n) is 3.49. The average molecular weight is 322 g/mol. The summed E-state index contributed by atoms with van der Waals surface area (Å²) in [6, 6.07) is 17.5. The fourth-order valence-corrected chi connectivity index (χ4v) is 2.22. The maximum absolute atomic E-state index is 8.83. The Bertz CT molecular complexity index is 717. The Hall–Kier alpha value is -3.00. The molecule has 0 heterocycles. The van der Waals surface area contributed by atoms with Gasteiger partial charge in [-0.25, -0.2) is 4.99 Å². The normalized spacial score (nSPS) is 10.8. The van der Waals surface area contributed by atoms with Crippen molar-refractivity contribution in [3.8, 4) is 11.8 Å². The molecule has 2 rings (SSSR count). The lowest BCUT2D eigenvalue weighted by Crippen LogP contribution is -2.36. The molecule has 0 fully saturated rings. The zero-order valence-electron chi connectivity index (χ0n) is 14.0. The first-order valence-corrected chi connectivity index (χ1v) is 7.90. The lowest BCUT2D eigenvalue weighted by atomic mass is 10.1. The smallest absolute Gasteiger partial charge is 0.191 e. The zero-order chi connectivity index (χ0) is 17.2. The van der Waals surface area contributed by atoms with Crippen LogP contribution >= 0.6 is 0 Å². The molecule has 24 heavy (non-hydrogen) atoms. The number of guanidine groups is 1. The Labute approximate surface area is 143 Å². The molecule has 0 aliphatic carbocycles. The van der Waals surface area contributed by atoms with Crippen LogP contribution in [0.15, 0.2) is 53.5 Å². The first-order chi connectivity index (χ1) is 11.8. The van der Waals surface area contributed by atoms with Crippen LogP contribution in [0.5, 0.6) is 5.75 Å². The molecule has 0 bridgehead atoms. The van der Waals surface area contributed by atoms with Crippen LogP contribution in [0.25, 0.3) is 0 Å². The summed E-state index contributed by atoms with van der Waals surface area (Å²) in [4.78, 5) is 4.58. The van der Waals surface area contributed by atoms with E-state index >= 15 is 0 Å². The van der Waals surface area contributed by atoms with Crippen LogP contribution in [-0.4, -0.2) is 19.6 Å². The molecule has 5 heteroatoms. The summed E-state index contributed by atoms with van der Waals surface area (Å²) >= 11 is 0. The highest BCUT2D eigenvalue weighted by molar-refractivity contribution is 5.79. The maximum atomic E-state index is 8.83. The van der Waals surface area contributed by atoms with E-state index < -0.39 is 0 Å². The van der Waals surface area contributed by atoms with Crippen LogP contribution < -0.4 is 15.4 Å². The molecule has 0 aromatic heterocycles. The molecule has 2 N–H and O–H groups in total. The highest BCUT2D eigenvalue weighted by Gasteiger charge is 2.03. The number of nitrogens with one attached hydrogen (secondary N) is 2. The van der Waals surface area contributed by atoms with E-state index in [9.17, 15) is 0 Å². The number of methoxy groups -OCH3 is 1.